The molecule has 41 heteroatoms. The van der Waals surface area contributed by atoms with E-state index in [1.807, 2.05) is 5.32 Å². The number of hydrogen-bond acceptors (Lipinski definition) is 22. The Kier molecular flexibility index (Phi) is 41.8. The van der Waals surface area contributed by atoms with Gasteiger partial charge in [-0.3, -0.25) is 81.7 Å². The van der Waals surface area contributed by atoms with Crippen molar-refractivity contribution in [3.63, 3.8) is 0 Å². The summed E-state index contributed by atoms with van der Waals surface area (Å²) < 4.78 is 0. The Labute approximate surface area is 628 Å². The number of aliphatic imine (C=N–C) groups is 1. The van der Waals surface area contributed by atoms with Gasteiger partial charge in [-0.1, -0.05) is 115 Å². The lowest BCUT2D eigenvalue weighted by Gasteiger charge is -2.31. The molecule has 41 nitrogen and oxygen atoms in total. The van der Waals surface area contributed by atoms with Crippen LogP contribution in [0.2, 0.25) is 0 Å². The number of nitrogens with zero attached hydrogens (tertiary/aromatic N) is 1. The van der Waals surface area contributed by atoms with E-state index < -0.39 is 237 Å². The fourth-order valence-electron chi connectivity index (χ4n) is 10.2. The van der Waals surface area contributed by atoms with E-state index >= 15 is 0 Å². The van der Waals surface area contributed by atoms with Crippen LogP contribution in [0.25, 0.3) is 0 Å². The van der Waals surface area contributed by atoms with Gasteiger partial charge in [-0.15, -0.1) is 0 Å². The zero-order valence-electron chi connectivity index (χ0n) is 61.8. The van der Waals surface area contributed by atoms with Gasteiger partial charge in [0.1, 0.15) is 60.4 Å². The normalized spacial score (nSPS) is 14.8. The number of primary amides is 2. The van der Waals surface area contributed by atoms with E-state index in [2.05, 4.69) is 74.1 Å². The van der Waals surface area contributed by atoms with Crippen LogP contribution in [0.3, 0.4) is 0 Å². The van der Waals surface area contributed by atoms with Gasteiger partial charge in [-0.2, -0.15) is 0 Å². The Morgan fingerprint density at radius 3 is 1.21 bits per heavy atom. The van der Waals surface area contributed by atoms with Gasteiger partial charge in [0.2, 0.25) is 94.5 Å². The highest BCUT2D eigenvalue weighted by molar-refractivity contribution is 6.01. The number of benzene rings is 2. The minimum absolute atomic E-state index is 0.0278. The zero-order valence-corrected chi connectivity index (χ0v) is 61.8. The highest BCUT2D eigenvalue weighted by atomic mass is 16.4. The molecule has 14 atom stereocenters. The van der Waals surface area contributed by atoms with E-state index in [1.54, 1.807) is 102 Å². The first-order valence-electron chi connectivity index (χ1n) is 35.0. The van der Waals surface area contributed by atoms with Crippen LogP contribution >= 0.6 is 0 Å². The first-order chi connectivity index (χ1) is 51.3. The maximum atomic E-state index is 14.3. The minimum atomic E-state index is -1.93. The molecular weight excluding hydrogens is 1430 g/mol. The summed E-state index contributed by atoms with van der Waals surface area (Å²) in [5, 5.41) is 71.6. The van der Waals surface area contributed by atoms with Crippen molar-refractivity contribution in [3.05, 3.63) is 71.8 Å². The van der Waals surface area contributed by atoms with Crippen LogP contribution in [0.5, 0.6) is 0 Å². The summed E-state index contributed by atoms with van der Waals surface area (Å²) in [7, 11) is 0. The van der Waals surface area contributed by atoms with Crippen molar-refractivity contribution in [1.29, 1.82) is 0 Å². The van der Waals surface area contributed by atoms with Crippen LogP contribution in [0, 0.1) is 17.8 Å². The lowest BCUT2D eigenvalue weighted by atomic mass is 9.94. The molecule has 0 aliphatic rings. The monoisotopic (exact) mass is 1540 g/mol. The van der Waals surface area contributed by atoms with E-state index in [1.165, 1.54) is 0 Å². The number of rotatable bonds is 50. The molecule has 28 N–H and O–H groups in total. The van der Waals surface area contributed by atoms with Crippen LogP contribution in [0.1, 0.15) is 105 Å². The number of aliphatic hydroxyl groups is 3. The molecule has 0 saturated heterocycles. The van der Waals surface area contributed by atoms with Gasteiger partial charge in [0.25, 0.3) is 0 Å². The van der Waals surface area contributed by atoms with Gasteiger partial charge in [-0.25, -0.2) is 4.79 Å². The molecule has 0 heterocycles. The Morgan fingerprint density at radius 1 is 0.413 bits per heavy atom. The van der Waals surface area contributed by atoms with Crippen molar-refractivity contribution < 1.29 is 102 Å². The average Bonchev–Trinajstić information content (AvgIpc) is 0.842. The van der Waals surface area contributed by atoms with Crippen molar-refractivity contribution in [2.45, 2.75) is 179 Å². The van der Waals surface area contributed by atoms with E-state index in [0.29, 0.717) is 11.1 Å². The molecule has 0 aliphatic carbocycles. The third kappa shape index (κ3) is 35.7. The van der Waals surface area contributed by atoms with Gasteiger partial charge in [-0.05, 0) is 61.5 Å². The molecule has 0 aliphatic heterocycles. The summed E-state index contributed by atoms with van der Waals surface area (Å²) in [6.07, 6.45) is -3.23. The average molecular weight is 1540 g/mol. The van der Waals surface area contributed by atoms with Crippen LogP contribution < -0.4 is 103 Å². The second kappa shape index (κ2) is 48.7. The van der Waals surface area contributed by atoms with E-state index in [-0.39, 0.29) is 63.4 Å². The van der Waals surface area contributed by atoms with Crippen molar-refractivity contribution in [2.24, 2.45) is 51.4 Å². The molecule has 604 valence electrons. The van der Waals surface area contributed by atoms with E-state index in [4.69, 9.17) is 38.9 Å². The van der Waals surface area contributed by atoms with Gasteiger partial charge < -0.3 is 124 Å². The maximum Gasteiger partial charge on any atom is 0.328 e. The lowest BCUT2D eigenvalue weighted by Crippen LogP contribution is -2.63. The van der Waals surface area contributed by atoms with Gasteiger partial charge in [0.05, 0.1) is 64.4 Å². The molecule has 0 fully saturated rings. The molecule has 0 radical (unpaired) electrons. The molecule has 16 amide bonds. The predicted molar refractivity (Wildman–Crippen MR) is 389 cm³/mol. The molecule has 2 aromatic rings. The van der Waals surface area contributed by atoms with Crippen LogP contribution in [0.4, 0.5) is 0 Å². The van der Waals surface area contributed by atoms with E-state index in [9.17, 15) is 91.7 Å². The standard InChI is InChI=1S/C68H106N20O21/c1-8-35(5)54(64(105)78-31-51(95)80-43(25-39-19-14-11-15-20-39)59(100)76-29-52(96)81-46(32-89)60(101)77-30-53(97)82-47(33-90)67(108)109)86-65(106)55(36(6)9-2)87-66(107)56(37(7)91)88-63(104)45(27-49(71)93)85-61(102)42(23-34(3)4)79-50(94)28-75-58(99)41(21-16-22-74-68(72)73)83-62(103)44(26-48(70)92)84-57(98)40(69)24-38-17-12-10-13-18-38/h10-15,17-20,34-37,40-47,54-56,89-91H,8-9,16,21-33,69H2,1-7H3,(H2,70,92)(H2,71,93)(H,75,99)(H,76,100)(H,77,101)(H,78,105)(H,79,94)(H,80,95)(H,81,96)(H,82,97)(H,83,103)(H,84,98)(H,85,102)(H,86,106)(H,87,107)(H,88,104)(H,108,109)(H4,72,73,74)/t35-,36-,37+,40-,41-,42-,43-,44-,45-,46-,47-,54-,55-,56-/m0/s1. The zero-order chi connectivity index (χ0) is 82.2. The second-order valence-electron chi connectivity index (χ2n) is 26.1. The lowest BCUT2D eigenvalue weighted by molar-refractivity contribution is -0.143. The molecular formula is C68H106N20O21. The van der Waals surface area contributed by atoms with Gasteiger partial charge in [0, 0.05) is 13.0 Å². The quantitative estimate of drug-likeness (QED) is 0.0166. The topological polar surface area (TPSA) is 682 Å². The molecule has 2 aromatic carbocycles. The molecule has 0 unspecified atom stereocenters. The number of carbonyl (C=O) groups is 17. The van der Waals surface area contributed by atoms with E-state index in [0.717, 1.165) is 6.92 Å². The third-order valence-electron chi connectivity index (χ3n) is 16.6. The van der Waals surface area contributed by atoms with Crippen LogP contribution in [0.15, 0.2) is 65.7 Å². The fraction of sp³-hybridized carbons (Fsp3) is 0.559. The summed E-state index contributed by atoms with van der Waals surface area (Å²) in [5.74, 6) is -19.8. The molecule has 2 rings (SSSR count). The summed E-state index contributed by atoms with van der Waals surface area (Å²) in [6.45, 7) is 5.72. The number of nitrogens with two attached hydrogens (primary N) is 5. The number of nitrogens with one attached hydrogen (secondary N) is 14. The van der Waals surface area contributed by atoms with Gasteiger partial charge in [0.15, 0.2) is 5.96 Å². The summed E-state index contributed by atoms with van der Waals surface area (Å²) in [4.78, 5) is 229. The third-order valence-corrected chi connectivity index (χ3v) is 16.6. The predicted octanol–water partition coefficient (Wildman–Crippen LogP) is -9.50. The molecule has 0 spiro atoms. The number of aliphatic hydroxyl groups excluding tert-OH is 3. The van der Waals surface area contributed by atoms with Gasteiger partial charge >= 0.3 is 5.97 Å². The molecule has 0 saturated carbocycles. The Balaban J connectivity index is 2.27. The van der Waals surface area contributed by atoms with Crippen molar-refractivity contribution in [2.75, 3.05) is 45.9 Å². The number of carboxylic acids is 1. The minimum Gasteiger partial charge on any atom is -0.480 e. The highest BCUT2D eigenvalue weighted by Crippen LogP contribution is 2.15. The number of carbonyl (C=O) groups excluding carboxylic acids is 16. The first kappa shape index (κ1) is 93.6. The molecule has 109 heavy (non-hydrogen) atoms. The van der Waals surface area contributed by atoms with Crippen molar-refractivity contribution in [3.8, 4) is 0 Å². The Hall–Kier alpha value is -11.5. The summed E-state index contributed by atoms with van der Waals surface area (Å²) in [5.41, 5.74) is 29.2. The highest BCUT2D eigenvalue weighted by Gasteiger charge is 2.38. The fourth-order valence-corrected chi connectivity index (χ4v) is 10.2. The number of hydrogen-bond donors (Lipinski definition) is 23. The van der Waals surface area contributed by atoms with Crippen molar-refractivity contribution >= 4 is 106 Å². The largest absolute Gasteiger partial charge is 0.480 e. The smallest absolute Gasteiger partial charge is 0.328 e. The number of aliphatic carboxylic acids is 1. The summed E-state index contributed by atoms with van der Waals surface area (Å²) >= 11 is 0. The molecule has 0 bridgehead atoms. The number of guanidine groups is 1. The first-order valence-corrected chi connectivity index (χ1v) is 35.0. The Bertz CT molecular complexity index is 3480. The molecule has 0 aromatic heterocycles. The number of amides is 16. The SMILES string of the molecule is CC[C@H](C)[C@H](NC(=O)[C@@H](NC(=O)[C@H](CC(N)=O)NC(=O)[C@H](CC(C)C)NC(=O)CNC(=O)[C@H](CCCN=C(N)N)NC(=O)[C@H](CC(N)=O)NC(=O)[C@@H](N)Cc1ccccc1)[C@@H](C)O)C(=O)N[C@H](C(=O)NCC(=O)N[C@@H](Cc1ccccc1)C(=O)NCC(=O)N[C@@H](CO)C(=O)NCC(=O)N[C@@H](CO)C(=O)O)[C@@H](C)CC. The number of carboxylic acid groups (broad SMARTS) is 1. The second-order valence-corrected chi connectivity index (χ2v) is 26.1. The van der Waals surface area contributed by atoms with Crippen LogP contribution in [-0.4, -0.2) is 245 Å². The summed E-state index contributed by atoms with van der Waals surface area (Å²) in [6, 6.07) is -0.352. The van der Waals surface area contributed by atoms with Crippen LogP contribution in [-0.2, 0) is 94.3 Å². The maximum absolute atomic E-state index is 14.3. The Morgan fingerprint density at radius 2 is 0.780 bits per heavy atom. The van der Waals surface area contributed by atoms with Crippen molar-refractivity contribution in [1.82, 2.24) is 74.4 Å².